The zero-order valence-corrected chi connectivity index (χ0v) is 10.5. The maximum atomic E-state index is 12.3. The Bertz CT molecular complexity index is 796. The average Bonchev–Trinajstić information content (AvgIpc) is 2.51. The van der Waals surface area contributed by atoms with Crippen LogP contribution in [0, 0.1) is 0 Å². The Hall–Kier alpha value is -2.80. The highest BCUT2D eigenvalue weighted by Crippen LogP contribution is 2.07. The van der Waals surface area contributed by atoms with Gasteiger partial charge in [0.1, 0.15) is 0 Å². The molecular weight excluding hydrogens is 256 g/mol. The van der Waals surface area contributed by atoms with Gasteiger partial charge in [-0.3, -0.25) is 9.78 Å². The summed E-state index contributed by atoms with van der Waals surface area (Å²) in [6.07, 6.45) is 4.72. The van der Waals surface area contributed by atoms with Crippen molar-refractivity contribution in [1.82, 2.24) is 19.7 Å². The fraction of sp³-hybridized carbons (Fsp3) is 0.0769. The predicted molar refractivity (Wildman–Crippen MR) is 74.9 cm³/mol. The first-order chi connectivity index (χ1) is 9.78. The third kappa shape index (κ3) is 2.21. The third-order valence-electron chi connectivity index (χ3n) is 2.93. The Morgan fingerprint density at radius 3 is 2.75 bits per heavy atom. The molecular formula is C13H12N6O. The van der Waals surface area contributed by atoms with Crippen molar-refractivity contribution in [2.24, 2.45) is 5.84 Å². The van der Waals surface area contributed by atoms with E-state index in [4.69, 9.17) is 5.84 Å². The second-order valence-corrected chi connectivity index (χ2v) is 4.23. The van der Waals surface area contributed by atoms with Crippen LogP contribution in [0.5, 0.6) is 0 Å². The van der Waals surface area contributed by atoms with E-state index in [1.54, 1.807) is 18.5 Å². The van der Waals surface area contributed by atoms with E-state index >= 15 is 0 Å². The molecule has 0 aliphatic carbocycles. The number of rotatable bonds is 3. The standard InChI is InChI=1S/C13H12N6O/c14-18-12-7-15-10(6-16-12)8-19-13(20)11-4-2-1-3-9(11)5-17-19/h1-7H,8,14H2,(H,16,18). The maximum Gasteiger partial charge on any atom is 0.274 e. The number of aromatic nitrogens is 4. The zero-order chi connectivity index (χ0) is 13.9. The van der Waals surface area contributed by atoms with E-state index in [1.807, 2.05) is 18.2 Å². The topological polar surface area (TPSA) is 98.7 Å². The highest BCUT2D eigenvalue weighted by atomic mass is 16.1. The Balaban J connectivity index is 1.98. The van der Waals surface area contributed by atoms with E-state index in [-0.39, 0.29) is 12.1 Å². The molecule has 0 atom stereocenters. The third-order valence-corrected chi connectivity index (χ3v) is 2.93. The largest absolute Gasteiger partial charge is 0.307 e. The van der Waals surface area contributed by atoms with Gasteiger partial charge in [-0.05, 0) is 6.07 Å². The van der Waals surface area contributed by atoms with Gasteiger partial charge in [0.15, 0.2) is 5.82 Å². The number of nitrogens with zero attached hydrogens (tertiary/aromatic N) is 4. The van der Waals surface area contributed by atoms with Crippen LogP contribution in [-0.2, 0) is 6.54 Å². The number of anilines is 1. The molecule has 2 aromatic heterocycles. The molecule has 0 amide bonds. The average molecular weight is 268 g/mol. The first-order valence-electron chi connectivity index (χ1n) is 6.00. The van der Waals surface area contributed by atoms with Crippen LogP contribution in [0.15, 0.2) is 47.7 Å². The van der Waals surface area contributed by atoms with Gasteiger partial charge in [0, 0.05) is 5.39 Å². The van der Waals surface area contributed by atoms with Crippen LogP contribution < -0.4 is 16.8 Å². The maximum absolute atomic E-state index is 12.3. The van der Waals surface area contributed by atoms with Gasteiger partial charge in [0.25, 0.3) is 5.56 Å². The van der Waals surface area contributed by atoms with Crippen LogP contribution in [-0.4, -0.2) is 19.7 Å². The minimum absolute atomic E-state index is 0.147. The van der Waals surface area contributed by atoms with Gasteiger partial charge in [0.05, 0.1) is 36.2 Å². The Kier molecular flexibility index (Phi) is 3.10. The van der Waals surface area contributed by atoms with Crippen LogP contribution in [0.2, 0.25) is 0 Å². The van der Waals surface area contributed by atoms with Crippen molar-refractivity contribution in [3.8, 4) is 0 Å². The van der Waals surface area contributed by atoms with Crippen molar-refractivity contribution in [3.05, 3.63) is 58.9 Å². The van der Waals surface area contributed by atoms with Gasteiger partial charge in [-0.2, -0.15) is 5.10 Å². The van der Waals surface area contributed by atoms with Crippen molar-refractivity contribution in [2.75, 3.05) is 5.43 Å². The molecule has 0 saturated heterocycles. The number of fused-ring (bicyclic) bond motifs is 1. The second kappa shape index (κ2) is 5.06. The van der Waals surface area contributed by atoms with E-state index in [2.05, 4.69) is 20.5 Å². The summed E-state index contributed by atoms with van der Waals surface area (Å²) in [4.78, 5) is 20.5. The molecule has 0 bridgehead atoms. The molecule has 0 radical (unpaired) electrons. The van der Waals surface area contributed by atoms with Gasteiger partial charge < -0.3 is 5.43 Å². The molecule has 100 valence electrons. The molecule has 20 heavy (non-hydrogen) atoms. The lowest BCUT2D eigenvalue weighted by Gasteiger charge is -2.05. The summed E-state index contributed by atoms with van der Waals surface area (Å²) in [5, 5.41) is 5.60. The first-order valence-corrected chi connectivity index (χ1v) is 6.00. The summed E-state index contributed by atoms with van der Waals surface area (Å²) in [6.45, 7) is 0.265. The number of nitrogens with one attached hydrogen (secondary N) is 1. The molecule has 0 aliphatic rings. The summed E-state index contributed by atoms with van der Waals surface area (Å²) in [5.41, 5.74) is 2.88. The highest BCUT2D eigenvalue weighted by Gasteiger charge is 2.05. The van der Waals surface area contributed by atoms with E-state index < -0.39 is 0 Å². The van der Waals surface area contributed by atoms with Gasteiger partial charge in [0.2, 0.25) is 0 Å². The molecule has 2 heterocycles. The van der Waals surface area contributed by atoms with E-state index in [1.165, 1.54) is 10.9 Å². The molecule has 3 rings (SSSR count). The number of nitrogens with two attached hydrogens (primary N) is 1. The SMILES string of the molecule is NNc1cnc(Cn2ncc3ccccc3c2=O)cn1. The quantitative estimate of drug-likeness (QED) is 0.531. The fourth-order valence-electron chi connectivity index (χ4n) is 1.90. The lowest BCUT2D eigenvalue weighted by Crippen LogP contribution is -2.23. The molecule has 0 saturated carbocycles. The minimum atomic E-state index is -0.147. The van der Waals surface area contributed by atoms with Crippen LogP contribution in [0.4, 0.5) is 5.82 Å². The van der Waals surface area contributed by atoms with Crippen LogP contribution in [0.3, 0.4) is 0 Å². The smallest absolute Gasteiger partial charge is 0.274 e. The Labute approximate surface area is 114 Å². The molecule has 7 nitrogen and oxygen atoms in total. The van der Waals surface area contributed by atoms with Crippen molar-refractivity contribution < 1.29 is 0 Å². The fourth-order valence-corrected chi connectivity index (χ4v) is 1.90. The van der Waals surface area contributed by atoms with Crippen LogP contribution >= 0.6 is 0 Å². The lowest BCUT2D eigenvalue weighted by atomic mass is 10.2. The molecule has 1 aromatic carbocycles. The molecule has 0 fully saturated rings. The first kappa shape index (κ1) is 12.2. The van der Waals surface area contributed by atoms with Crippen LogP contribution in [0.1, 0.15) is 5.69 Å². The predicted octanol–water partition coefficient (Wildman–Crippen LogP) is 0.520. The highest BCUT2D eigenvalue weighted by molar-refractivity contribution is 5.80. The summed E-state index contributed by atoms with van der Waals surface area (Å²) >= 11 is 0. The number of nitrogen functional groups attached to an aromatic ring is 1. The van der Waals surface area contributed by atoms with E-state index in [9.17, 15) is 4.79 Å². The van der Waals surface area contributed by atoms with Gasteiger partial charge in [-0.1, -0.05) is 18.2 Å². The van der Waals surface area contributed by atoms with Crippen molar-refractivity contribution in [1.29, 1.82) is 0 Å². The van der Waals surface area contributed by atoms with Crippen molar-refractivity contribution in [3.63, 3.8) is 0 Å². The number of hydrogen-bond donors (Lipinski definition) is 2. The Morgan fingerprint density at radius 2 is 2.00 bits per heavy atom. The lowest BCUT2D eigenvalue weighted by molar-refractivity contribution is 0.633. The monoisotopic (exact) mass is 268 g/mol. The van der Waals surface area contributed by atoms with Gasteiger partial charge >= 0.3 is 0 Å². The van der Waals surface area contributed by atoms with Gasteiger partial charge in [-0.15, -0.1) is 0 Å². The molecule has 3 N–H and O–H groups in total. The summed E-state index contributed by atoms with van der Waals surface area (Å²) in [7, 11) is 0. The minimum Gasteiger partial charge on any atom is -0.307 e. The number of hydrogen-bond acceptors (Lipinski definition) is 6. The zero-order valence-electron chi connectivity index (χ0n) is 10.5. The molecule has 0 aliphatic heterocycles. The Morgan fingerprint density at radius 1 is 1.15 bits per heavy atom. The summed E-state index contributed by atoms with van der Waals surface area (Å²) < 4.78 is 1.36. The summed E-state index contributed by atoms with van der Waals surface area (Å²) in [6, 6.07) is 7.34. The molecule has 7 heteroatoms. The van der Waals surface area contributed by atoms with E-state index in [0.717, 1.165) is 5.39 Å². The van der Waals surface area contributed by atoms with Crippen LogP contribution in [0.25, 0.3) is 10.8 Å². The van der Waals surface area contributed by atoms with E-state index in [0.29, 0.717) is 16.9 Å². The molecule has 3 aromatic rings. The summed E-state index contributed by atoms with van der Waals surface area (Å²) in [5.74, 6) is 5.68. The molecule has 0 spiro atoms. The number of hydrazine groups is 1. The van der Waals surface area contributed by atoms with Gasteiger partial charge in [-0.25, -0.2) is 15.5 Å². The van der Waals surface area contributed by atoms with Crippen molar-refractivity contribution >= 4 is 16.6 Å². The number of benzene rings is 1. The normalized spacial score (nSPS) is 10.7. The molecule has 0 unspecified atom stereocenters. The second-order valence-electron chi connectivity index (χ2n) is 4.23. The van der Waals surface area contributed by atoms with Crippen molar-refractivity contribution in [2.45, 2.75) is 6.54 Å².